The molecule has 2 N–H and O–H groups in total. The fourth-order valence-electron chi connectivity index (χ4n) is 2.44. The first-order valence-electron chi connectivity index (χ1n) is 7.16. The van der Waals surface area contributed by atoms with Crippen LogP contribution < -0.4 is 5.32 Å². The number of hydrogen-bond donors (Lipinski definition) is 2. The minimum absolute atomic E-state index is 0.0801. The maximum absolute atomic E-state index is 12.5. The summed E-state index contributed by atoms with van der Waals surface area (Å²) in [5, 5.41) is 11.7. The SMILES string of the molecule is COCC(=O)N[C@H](C(=O)N1CCCC(C(=O)O)C1)C(C)C. The Morgan fingerprint density at radius 2 is 2.05 bits per heavy atom. The molecule has 1 aliphatic heterocycles. The molecule has 0 aromatic rings. The van der Waals surface area contributed by atoms with Crippen LogP contribution in [0.3, 0.4) is 0 Å². The van der Waals surface area contributed by atoms with Gasteiger partial charge in [0.1, 0.15) is 12.6 Å². The van der Waals surface area contributed by atoms with Gasteiger partial charge in [-0.1, -0.05) is 13.8 Å². The molecule has 1 heterocycles. The van der Waals surface area contributed by atoms with Crippen molar-refractivity contribution in [2.45, 2.75) is 32.7 Å². The van der Waals surface area contributed by atoms with Gasteiger partial charge in [0.25, 0.3) is 0 Å². The van der Waals surface area contributed by atoms with Crippen molar-refractivity contribution in [2.75, 3.05) is 26.8 Å². The molecule has 1 rings (SSSR count). The molecule has 21 heavy (non-hydrogen) atoms. The number of rotatable bonds is 6. The van der Waals surface area contributed by atoms with Crippen molar-refractivity contribution in [1.82, 2.24) is 10.2 Å². The average Bonchev–Trinajstić information content (AvgIpc) is 2.44. The molecule has 0 bridgehead atoms. The third-order valence-corrected chi connectivity index (χ3v) is 3.61. The van der Waals surface area contributed by atoms with Crippen molar-refractivity contribution in [1.29, 1.82) is 0 Å². The maximum atomic E-state index is 12.5. The lowest BCUT2D eigenvalue weighted by atomic mass is 9.96. The second kappa shape index (κ2) is 7.97. The molecule has 7 nitrogen and oxygen atoms in total. The lowest BCUT2D eigenvalue weighted by Gasteiger charge is -2.34. The van der Waals surface area contributed by atoms with Crippen molar-refractivity contribution in [2.24, 2.45) is 11.8 Å². The highest BCUT2D eigenvalue weighted by Gasteiger charge is 2.33. The number of ether oxygens (including phenoxy) is 1. The van der Waals surface area contributed by atoms with E-state index in [2.05, 4.69) is 5.32 Å². The minimum atomic E-state index is -0.878. The lowest BCUT2D eigenvalue weighted by Crippen LogP contribution is -2.54. The second-order valence-corrected chi connectivity index (χ2v) is 5.68. The van der Waals surface area contributed by atoms with Crippen molar-refractivity contribution in [3.05, 3.63) is 0 Å². The number of amides is 2. The van der Waals surface area contributed by atoms with Gasteiger partial charge in [-0.25, -0.2) is 0 Å². The highest BCUT2D eigenvalue weighted by Crippen LogP contribution is 2.18. The summed E-state index contributed by atoms with van der Waals surface area (Å²) in [4.78, 5) is 36.7. The van der Waals surface area contributed by atoms with Crippen LogP contribution in [0, 0.1) is 11.8 Å². The second-order valence-electron chi connectivity index (χ2n) is 5.68. The predicted octanol–water partition coefficient (Wildman–Crippen LogP) is 0.0968. The van der Waals surface area contributed by atoms with Gasteiger partial charge in [-0.15, -0.1) is 0 Å². The molecule has 7 heteroatoms. The first-order chi connectivity index (χ1) is 9.86. The largest absolute Gasteiger partial charge is 0.481 e. The summed E-state index contributed by atoms with van der Waals surface area (Å²) in [6.45, 7) is 4.32. The number of likely N-dealkylation sites (tertiary alicyclic amines) is 1. The third-order valence-electron chi connectivity index (χ3n) is 3.61. The number of nitrogens with zero attached hydrogens (tertiary/aromatic N) is 1. The molecule has 2 atom stereocenters. The van der Waals surface area contributed by atoms with Crippen molar-refractivity contribution < 1.29 is 24.2 Å². The number of aliphatic carboxylic acids is 1. The number of nitrogens with one attached hydrogen (secondary N) is 1. The maximum Gasteiger partial charge on any atom is 0.308 e. The highest BCUT2D eigenvalue weighted by molar-refractivity contribution is 5.88. The number of carbonyl (C=O) groups excluding carboxylic acids is 2. The summed E-state index contributed by atoms with van der Waals surface area (Å²) in [6, 6.07) is -0.653. The van der Waals surface area contributed by atoms with Gasteiger partial charge in [-0.2, -0.15) is 0 Å². The summed E-state index contributed by atoms with van der Waals surface area (Å²) >= 11 is 0. The predicted molar refractivity (Wildman–Crippen MR) is 75.6 cm³/mol. The molecular weight excluding hydrogens is 276 g/mol. The molecular formula is C14H24N2O5. The highest BCUT2D eigenvalue weighted by atomic mass is 16.5. The van der Waals surface area contributed by atoms with Gasteiger partial charge >= 0.3 is 5.97 Å². The van der Waals surface area contributed by atoms with Gasteiger partial charge in [0.2, 0.25) is 11.8 Å². The van der Waals surface area contributed by atoms with E-state index < -0.39 is 17.9 Å². The first-order valence-corrected chi connectivity index (χ1v) is 7.16. The number of piperidine rings is 1. The van der Waals surface area contributed by atoms with Crippen LogP contribution in [0.4, 0.5) is 0 Å². The van der Waals surface area contributed by atoms with Crippen LogP contribution in [-0.4, -0.2) is 60.6 Å². The monoisotopic (exact) mass is 300 g/mol. The van der Waals surface area contributed by atoms with Gasteiger partial charge in [0, 0.05) is 20.2 Å². The molecule has 1 aliphatic rings. The van der Waals surface area contributed by atoms with Gasteiger partial charge in [0.15, 0.2) is 0 Å². The van der Waals surface area contributed by atoms with Crippen LogP contribution in [0.15, 0.2) is 0 Å². The lowest BCUT2D eigenvalue weighted by molar-refractivity contribution is -0.147. The van der Waals surface area contributed by atoms with Crippen LogP contribution in [0.5, 0.6) is 0 Å². The Bertz CT molecular complexity index is 397. The van der Waals surface area contributed by atoms with Gasteiger partial charge in [0.05, 0.1) is 5.92 Å². The van der Waals surface area contributed by atoms with Gasteiger partial charge < -0.3 is 20.1 Å². The number of methoxy groups -OCH3 is 1. The number of carbonyl (C=O) groups is 3. The quantitative estimate of drug-likeness (QED) is 0.725. The Morgan fingerprint density at radius 3 is 2.57 bits per heavy atom. The number of carboxylic acids is 1. The number of carboxylic acid groups (broad SMARTS) is 1. The summed E-state index contributed by atoms with van der Waals surface area (Å²) in [5.74, 6) is -2.05. The molecule has 1 fully saturated rings. The van der Waals surface area contributed by atoms with E-state index in [9.17, 15) is 14.4 Å². The fraction of sp³-hybridized carbons (Fsp3) is 0.786. The first kappa shape index (κ1) is 17.4. The molecule has 120 valence electrons. The van der Waals surface area contributed by atoms with E-state index in [0.717, 1.165) is 0 Å². The molecule has 0 radical (unpaired) electrons. The van der Waals surface area contributed by atoms with E-state index in [0.29, 0.717) is 19.4 Å². The van der Waals surface area contributed by atoms with Crippen molar-refractivity contribution >= 4 is 17.8 Å². The summed E-state index contributed by atoms with van der Waals surface area (Å²) in [6.07, 6.45) is 1.25. The number of hydrogen-bond acceptors (Lipinski definition) is 4. The van der Waals surface area contributed by atoms with Crippen molar-refractivity contribution in [3.63, 3.8) is 0 Å². The molecule has 0 spiro atoms. The average molecular weight is 300 g/mol. The Morgan fingerprint density at radius 1 is 1.38 bits per heavy atom. The van der Waals surface area contributed by atoms with Crippen LogP contribution in [0.1, 0.15) is 26.7 Å². The third kappa shape index (κ3) is 5.00. The molecule has 0 aromatic carbocycles. The van der Waals surface area contributed by atoms with Gasteiger partial charge in [-0.3, -0.25) is 14.4 Å². The van der Waals surface area contributed by atoms with Crippen LogP contribution in [0.25, 0.3) is 0 Å². The Hall–Kier alpha value is -1.63. The van der Waals surface area contributed by atoms with E-state index >= 15 is 0 Å². The Balaban J connectivity index is 2.71. The molecule has 0 saturated carbocycles. The topological polar surface area (TPSA) is 95.9 Å². The smallest absolute Gasteiger partial charge is 0.308 e. The zero-order valence-electron chi connectivity index (χ0n) is 12.8. The zero-order chi connectivity index (χ0) is 16.0. The summed E-state index contributed by atoms with van der Waals surface area (Å²) in [7, 11) is 1.41. The minimum Gasteiger partial charge on any atom is -0.481 e. The molecule has 2 amide bonds. The Kier molecular flexibility index (Phi) is 6.61. The van der Waals surface area contributed by atoms with Crippen LogP contribution in [0.2, 0.25) is 0 Å². The zero-order valence-corrected chi connectivity index (χ0v) is 12.8. The van der Waals surface area contributed by atoms with Crippen molar-refractivity contribution in [3.8, 4) is 0 Å². The summed E-state index contributed by atoms with van der Waals surface area (Å²) in [5.41, 5.74) is 0. The fourth-order valence-corrected chi connectivity index (χ4v) is 2.44. The normalized spacial score (nSPS) is 20.2. The summed E-state index contributed by atoms with van der Waals surface area (Å²) < 4.78 is 4.74. The van der Waals surface area contributed by atoms with Crippen LogP contribution >= 0.6 is 0 Å². The van der Waals surface area contributed by atoms with E-state index in [1.165, 1.54) is 7.11 Å². The van der Waals surface area contributed by atoms with E-state index in [1.54, 1.807) is 4.90 Å². The van der Waals surface area contributed by atoms with E-state index in [4.69, 9.17) is 9.84 Å². The molecule has 0 aliphatic carbocycles. The Labute approximate surface area is 124 Å². The molecule has 1 unspecified atom stereocenters. The molecule has 0 aromatic heterocycles. The standard InChI is InChI=1S/C14H24N2O5/c1-9(2)12(15-11(17)8-21-3)13(18)16-6-4-5-10(7-16)14(19)20/h9-10,12H,4-8H2,1-3H3,(H,15,17)(H,19,20)/t10?,12-/m0/s1. The van der Waals surface area contributed by atoms with E-state index in [1.807, 2.05) is 13.8 Å². The van der Waals surface area contributed by atoms with Crippen LogP contribution in [-0.2, 0) is 19.1 Å². The van der Waals surface area contributed by atoms with E-state index in [-0.39, 0.29) is 30.9 Å². The van der Waals surface area contributed by atoms with Gasteiger partial charge in [-0.05, 0) is 18.8 Å². The molecule has 1 saturated heterocycles.